The Kier molecular flexibility index (Phi) is 6.77. The molecule has 5 heteroatoms. The van der Waals surface area contributed by atoms with Crippen LogP contribution in [0.1, 0.15) is 42.5 Å². The first kappa shape index (κ1) is 16.9. The van der Waals surface area contributed by atoms with Gasteiger partial charge in [0, 0.05) is 6.54 Å². The van der Waals surface area contributed by atoms with Crippen LogP contribution < -0.4 is 5.32 Å². The predicted molar refractivity (Wildman–Crippen MR) is 93.0 cm³/mol. The second kappa shape index (κ2) is 8.83. The zero-order valence-electron chi connectivity index (χ0n) is 13.3. The molecule has 0 spiro atoms. The van der Waals surface area contributed by atoms with Gasteiger partial charge in [0.2, 0.25) is 0 Å². The normalized spacial score (nSPS) is 16.4. The van der Waals surface area contributed by atoms with Gasteiger partial charge in [0.15, 0.2) is 5.17 Å². The van der Waals surface area contributed by atoms with E-state index in [2.05, 4.69) is 10.3 Å². The Hall–Kier alpha value is -1.49. The van der Waals surface area contributed by atoms with E-state index < -0.39 is 0 Å². The number of aliphatic imine (C=N–C) groups is 1. The smallest absolute Gasteiger partial charge is 0.337 e. The fourth-order valence-corrected chi connectivity index (χ4v) is 3.11. The molecule has 1 fully saturated rings. The summed E-state index contributed by atoms with van der Waals surface area (Å²) in [7, 11) is 1.38. The fourth-order valence-electron chi connectivity index (χ4n) is 2.69. The Labute approximate surface area is 136 Å². The maximum atomic E-state index is 11.4. The molecule has 0 aliphatic heterocycles. The third kappa shape index (κ3) is 5.05. The highest BCUT2D eigenvalue weighted by atomic mass is 32.2. The van der Waals surface area contributed by atoms with Gasteiger partial charge in [-0.05, 0) is 49.3 Å². The third-order valence-electron chi connectivity index (χ3n) is 3.98. The average molecular weight is 320 g/mol. The van der Waals surface area contributed by atoms with Crippen molar-refractivity contribution in [2.24, 2.45) is 10.9 Å². The van der Waals surface area contributed by atoms with Crippen molar-refractivity contribution in [1.82, 2.24) is 5.32 Å². The van der Waals surface area contributed by atoms with Crippen LogP contribution in [0.25, 0.3) is 0 Å². The molecule has 0 saturated heterocycles. The predicted octanol–water partition coefficient (Wildman–Crippen LogP) is 3.99. The van der Waals surface area contributed by atoms with Crippen molar-refractivity contribution in [2.45, 2.75) is 32.1 Å². The van der Waals surface area contributed by atoms with Gasteiger partial charge in [0.25, 0.3) is 0 Å². The lowest BCUT2D eigenvalue weighted by Gasteiger charge is -2.22. The molecule has 1 aliphatic carbocycles. The summed E-state index contributed by atoms with van der Waals surface area (Å²) in [5, 5.41) is 4.38. The van der Waals surface area contributed by atoms with Crippen molar-refractivity contribution in [1.29, 1.82) is 0 Å². The summed E-state index contributed by atoms with van der Waals surface area (Å²) in [6.45, 7) is 1.000. The highest BCUT2D eigenvalue weighted by molar-refractivity contribution is 8.13. The number of carbonyl (C=O) groups is 1. The van der Waals surface area contributed by atoms with Crippen LogP contribution in [0.3, 0.4) is 0 Å². The molecule has 0 atom stereocenters. The quantitative estimate of drug-likeness (QED) is 0.518. The maximum Gasteiger partial charge on any atom is 0.337 e. The lowest BCUT2D eigenvalue weighted by atomic mass is 9.89. The van der Waals surface area contributed by atoms with E-state index in [0.29, 0.717) is 5.56 Å². The molecule has 4 nitrogen and oxygen atoms in total. The molecular weight excluding hydrogens is 296 g/mol. The maximum absolute atomic E-state index is 11.4. The third-order valence-corrected chi connectivity index (χ3v) is 4.60. The van der Waals surface area contributed by atoms with E-state index in [1.165, 1.54) is 39.2 Å². The summed E-state index contributed by atoms with van der Waals surface area (Å²) in [6.07, 6.45) is 8.76. The number of rotatable bonds is 4. The SMILES string of the molecule is COC(=O)c1ccc(/N=C(/NCC2CCCCC2)SC)cc1. The number of methoxy groups -OCH3 is 1. The van der Waals surface area contributed by atoms with Crippen molar-refractivity contribution in [3.63, 3.8) is 0 Å². The molecular formula is C17H24N2O2S. The lowest BCUT2D eigenvalue weighted by Crippen LogP contribution is -2.28. The second-order valence-corrected chi connectivity index (χ2v) is 6.34. The van der Waals surface area contributed by atoms with Crippen LogP contribution in [0, 0.1) is 5.92 Å². The number of esters is 1. The van der Waals surface area contributed by atoms with Crippen molar-refractivity contribution in [2.75, 3.05) is 19.9 Å². The molecule has 120 valence electrons. The van der Waals surface area contributed by atoms with Gasteiger partial charge in [-0.2, -0.15) is 0 Å². The van der Waals surface area contributed by atoms with Crippen molar-refractivity contribution in [3.05, 3.63) is 29.8 Å². The molecule has 1 aromatic rings. The number of benzene rings is 1. The number of thioether (sulfide) groups is 1. The molecule has 2 rings (SSSR count). The molecule has 1 aliphatic rings. The van der Waals surface area contributed by atoms with Crippen LogP contribution in [0.5, 0.6) is 0 Å². The van der Waals surface area contributed by atoms with Gasteiger partial charge in [0.1, 0.15) is 0 Å². The van der Waals surface area contributed by atoms with Gasteiger partial charge in [-0.25, -0.2) is 9.79 Å². The molecule has 0 amide bonds. The topological polar surface area (TPSA) is 50.7 Å². The summed E-state index contributed by atoms with van der Waals surface area (Å²) in [6, 6.07) is 7.16. The monoisotopic (exact) mass is 320 g/mol. The van der Waals surface area contributed by atoms with E-state index >= 15 is 0 Å². The van der Waals surface area contributed by atoms with Crippen LogP contribution in [0.2, 0.25) is 0 Å². The largest absolute Gasteiger partial charge is 0.465 e. The van der Waals surface area contributed by atoms with Crippen molar-refractivity contribution >= 4 is 28.6 Å². The number of carbonyl (C=O) groups excluding carboxylic acids is 1. The highest BCUT2D eigenvalue weighted by Crippen LogP contribution is 2.23. The molecule has 1 saturated carbocycles. The number of ether oxygens (including phenoxy) is 1. The molecule has 0 radical (unpaired) electrons. The number of hydrogen-bond donors (Lipinski definition) is 1. The first-order valence-electron chi connectivity index (χ1n) is 7.78. The Morgan fingerprint density at radius 1 is 1.27 bits per heavy atom. The Bertz CT molecular complexity index is 508. The Morgan fingerprint density at radius 3 is 2.55 bits per heavy atom. The summed E-state index contributed by atoms with van der Waals surface area (Å²) < 4.78 is 4.69. The average Bonchev–Trinajstić information content (AvgIpc) is 2.59. The lowest BCUT2D eigenvalue weighted by molar-refractivity contribution is 0.0601. The van der Waals surface area contributed by atoms with Crippen LogP contribution in [-0.2, 0) is 4.74 Å². The number of nitrogens with one attached hydrogen (secondary N) is 1. The van der Waals surface area contributed by atoms with E-state index in [1.807, 2.05) is 18.4 Å². The van der Waals surface area contributed by atoms with Crippen LogP contribution in [-0.4, -0.2) is 31.0 Å². The van der Waals surface area contributed by atoms with Gasteiger partial charge in [-0.15, -0.1) is 0 Å². The molecule has 1 N–H and O–H groups in total. The van der Waals surface area contributed by atoms with E-state index in [4.69, 9.17) is 4.74 Å². The second-order valence-electron chi connectivity index (χ2n) is 5.54. The Morgan fingerprint density at radius 2 is 1.95 bits per heavy atom. The minimum atomic E-state index is -0.323. The zero-order chi connectivity index (χ0) is 15.8. The van der Waals surface area contributed by atoms with Crippen LogP contribution in [0.4, 0.5) is 5.69 Å². The first-order chi connectivity index (χ1) is 10.7. The molecule has 0 heterocycles. The highest BCUT2D eigenvalue weighted by Gasteiger charge is 2.13. The van der Waals surface area contributed by atoms with Gasteiger partial charge >= 0.3 is 5.97 Å². The summed E-state index contributed by atoms with van der Waals surface area (Å²) >= 11 is 1.62. The number of hydrogen-bond acceptors (Lipinski definition) is 4. The fraction of sp³-hybridized carbons (Fsp3) is 0.529. The molecule has 0 unspecified atom stereocenters. The van der Waals surface area contributed by atoms with Gasteiger partial charge in [-0.3, -0.25) is 0 Å². The first-order valence-corrected chi connectivity index (χ1v) is 9.00. The van der Waals surface area contributed by atoms with E-state index in [9.17, 15) is 4.79 Å². The summed E-state index contributed by atoms with van der Waals surface area (Å²) in [5.74, 6) is 0.448. The number of amidine groups is 1. The van der Waals surface area contributed by atoms with Gasteiger partial charge < -0.3 is 10.1 Å². The van der Waals surface area contributed by atoms with Crippen molar-refractivity contribution < 1.29 is 9.53 Å². The summed E-state index contributed by atoms with van der Waals surface area (Å²) in [4.78, 5) is 16.0. The van der Waals surface area contributed by atoms with Crippen LogP contribution in [0.15, 0.2) is 29.3 Å². The standard InChI is InChI=1S/C17H24N2O2S/c1-21-16(20)14-8-10-15(11-9-14)19-17(22-2)18-12-13-6-4-3-5-7-13/h8-11,13H,3-7,12H2,1-2H3,(H,18,19). The minimum absolute atomic E-state index is 0.323. The summed E-state index contributed by atoms with van der Waals surface area (Å²) in [5.41, 5.74) is 1.38. The molecule has 0 aromatic heterocycles. The van der Waals surface area contributed by atoms with E-state index in [0.717, 1.165) is 23.3 Å². The van der Waals surface area contributed by atoms with Crippen LogP contribution >= 0.6 is 11.8 Å². The Balaban J connectivity index is 1.93. The van der Waals surface area contributed by atoms with E-state index in [-0.39, 0.29) is 5.97 Å². The molecule has 0 bridgehead atoms. The van der Waals surface area contributed by atoms with Gasteiger partial charge in [0.05, 0.1) is 18.4 Å². The molecule has 22 heavy (non-hydrogen) atoms. The molecule has 1 aromatic carbocycles. The van der Waals surface area contributed by atoms with Gasteiger partial charge in [-0.1, -0.05) is 31.0 Å². The zero-order valence-corrected chi connectivity index (χ0v) is 14.1. The number of nitrogens with zero attached hydrogens (tertiary/aromatic N) is 1. The van der Waals surface area contributed by atoms with E-state index in [1.54, 1.807) is 23.9 Å². The van der Waals surface area contributed by atoms with Crippen molar-refractivity contribution in [3.8, 4) is 0 Å². The minimum Gasteiger partial charge on any atom is -0.465 e.